The summed E-state index contributed by atoms with van der Waals surface area (Å²) in [6.45, 7) is 2.36. The van der Waals surface area contributed by atoms with Crippen molar-refractivity contribution in [1.29, 1.82) is 0 Å². The highest BCUT2D eigenvalue weighted by Crippen LogP contribution is 2.19. The van der Waals surface area contributed by atoms with Crippen LogP contribution in [0.2, 0.25) is 0 Å². The van der Waals surface area contributed by atoms with Crippen LogP contribution < -0.4 is 10.6 Å². The lowest BCUT2D eigenvalue weighted by molar-refractivity contribution is -0.130. The molecule has 3 rings (SSSR count). The summed E-state index contributed by atoms with van der Waals surface area (Å²) in [6, 6.07) is 7.37. The molecular weight excluding hydrogens is 358 g/mol. The lowest BCUT2D eigenvalue weighted by Gasteiger charge is -2.26. The second-order valence-corrected chi connectivity index (χ2v) is 8.33. The summed E-state index contributed by atoms with van der Waals surface area (Å²) < 4.78 is 0. The van der Waals surface area contributed by atoms with Gasteiger partial charge in [-0.25, -0.2) is 4.79 Å². The van der Waals surface area contributed by atoms with E-state index < -0.39 is 0 Å². The van der Waals surface area contributed by atoms with Gasteiger partial charge in [-0.15, -0.1) is 0 Å². The number of nitrogens with zero attached hydrogens (tertiary/aromatic N) is 1. The molecule has 27 heavy (non-hydrogen) atoms. The van der Waals surface area contributed by atoms with Gasteiger partial charge < -0.3 is 15.5 Å². The van der Waals surface area contributed by atoms with Gasteiger partial charge in [0, 0.05) is 36.8 Å². The van der Waals surface area contributed by atoms with E-state index in [0.717, 1.165) is 42.3 Å². The Morgan fingerprint density at radius 3 is 2.56 bits per heavy atom. The fourth-order valence-corrected chi connectivity index (χ4v) is 4.35. The number of hydrogen-bond donors (Lipinski definition) is 2. The van der Waals surface area contributed by atoms with Crippen molar-refractivity contribution in [2.75, 3.05) is 36.5 Å². The maximum Gasteiger partial charge on any atom is 0.319 e. The number of nitrogens with one attached hydrogen (secondary N) is 2. The average Bonchev–Trinajstić information content (AvgIpc) is 2.71. The molecule has 0 spiro atoms. The quantitative estimate of drug-likeness (QED) is 0.730. The predicted molar refractivity (Wildman–Crippen MR) is 112 cm³/mol. The van der Waals surface area contributed by atoms with Crippen LogP contribution in [0.4, 0.5) is 10.5 Å². The lowest BCUT2D eigenvalue weighted by atomic mass is 9.97. The van der Waals surface area contributed by atoms with Crippen LogP contribution in [0.1, 0.15) is 37.7 Å². The molecule has 1 saturated heterocycles. The highest BCUT2D eigenvalue weighted by Gasteiger charge is 2.16. The van der Waals surface area contributed by atoms with E-state index in [1.807, 2.05) is 40.9 Å². The molecule has 1 fully saturated rings. The number of hydrogen-bond acceptors (Lipinski definition) is 3. The van der Waals surface area contributed by atoms with Gasteiger partial charge in [-0.05, 0) is 49.8 Å². The molecular formula is C21H29N3O2S. The standard InChI is InChI=1S/C21H29N3O2S/c25-20(24-12-14-27-15-13-24)16-18-6-8-19(9-7-18)23-21(26)22-11-10-17-4-2-1-3-5-17/h4,6-9H,1-3,5,10-16H2,(H2,22,23,26). The Bertz CT molecular complexity index is 667. The number of anilines is 1. The summed E-state index contributed by atoms with van der Waals surface area (Å²) in [5.41, 5.74) is 3.19. The van der Waals surface area contributed by atoms with Crippen LogP contribution in [0, 0.1) is 0 Å². The molecule has 0 atom stereocenters. The van der Waals surface area contributed by atoms with E-state index in [9.17, 15) is 9.59 Å². The molecule has 0 aromatic heterocycles. The molecule has 0 unspecified atom stereocenters. The van der Waals surface area contributed by atoms with Crippen LogP contribution in [0.5, 0.6) is 0 Å². The molecule has 1 aliphatic heterocycles. The van der Waals surface area contributed by atoms with Gasteiger partial charge in [0.1, 0.15) is 0 Å². The SMILES string of the molecule is O=C(NCCC1=CCCCC1)Nc1ccc(CC(=O)N2CCSCC2)cc1. The van der Waals surface area contributed by atoms with Gasteiger partial charge in [0.15, 0.2) is 0 Å². The van der Waals surface area contributed by atoms with Crippen molar-refractivity contribution in [2.45, 2.75) is 38.5 Å². The van der Waals surface area contributed by atoms with Gasteiger partial charge in [0.25, 0.3) is 0 Å². The monoisotopic (exact) mass is 387 g/mol. The van der Waals surface area contributed by atoms with Crippen molar-refractivity contribution < 1.29 is 9.59 Å². The van der Waals surface area contributed by atoms with E-state index in [2.05, 4.69) is 16.7 Å². The maximum absolute atomic E-state index is 12.3. The van der Waals surface area contributed by atoms with Gasteiger partial charge in [-0.3, -0.25) is 4.79 Å². The van der Waals surface area contributed by atoms with Gasteiger partial charge in [-0.1, -0.05) is 23.8 Å². The largest absolute Gasteiger partial charge is 0.341 e. The number of carbonyl (C=O) groups is 2. The first-order valence-electron chi connectivity index (χ1n) is 9.88. The second kappa shape index (κ2) is 10.4. The fourth-order valence-electron chi connectivity index (χ4n) is 3.45. The predicted octanol–water partition coefficient (Wildman–Crippen LogP) is 3.82. The zero-order valence-electron chi connectivity index (χ0n) is 15.8. The molecule has 1 aromatic carbocycles. The van der Waals surface area contributed by atoms with Gasteiger partial charge in [-0.2, -0.15) is 11.8 Å². The summed E-state index contributed by atoms with van der Waals surface area (Å²) >= 11 is 1.90. The molecule has 0 radical (unpaired) electrons. The molecule has 6 heteroatoms. The van der Waals surface area contributed by atoms with Gasteiger partial charge in [0.05, 0.1) is 6.42 Å². The van der Waals surface area contributed by atoms with E-state index in [1.54, 1.807) is 0 Å². The Labute approximate surface area is 166 Å². The van der Waals surface area contributed by atoms with Gasteiger partial charge >= 0.3 is 6.03 Å². The first kappa shape index (κ1) is 19.8. The lowest BCUT2D eigenvalue weighted by Crippen LogP contribution is -2.38. The van der Waals surface area contributed by atoms with Crippen molar-refractivity contribution in [2.24, 2.45) is 0 Å². The average molecular weight is 388 g/mol. The zero-order valence-corrected chi connectivity index (χ0v) is 16.7. The van der Waals surface area contributed by atoms with E-state index in [1.165, 1.54) is 31.3 Å². The van der Waals surface area contributed by atoms with Gasteiger partial charge in [0.2, 0.25) is 5.91 Å². The molecule has 3 amide bonds. The first-order chi connectivity index (χ1) is 13.2. The summed E-state index contributed by atoms with van der Waals surface area (Å²) in [5, 5.41) is 5.77. The van der Waals surface area contributed by atoms with E-state index in [4.69, 9.17) is 0 Å². The number of benzene rings is 1. The molecule has 0 saturated carbocycles. The number of allylic oxidation sites excluding steroid dienone is 1. The van der Waals surface area contributed by atoms with Crippen LogP contribution >= 0.6 is 11.8 Å². The van der Waals surface area contributed by atoms with E-state index >= 15 is 0 Å². The molecule has 1 aliphatic carbocycles. The highest BCUT2D eigenvalue weighted by molar-refractivity contribution is 7.99. The van der Waals surface area contributed by atoms with Crippen LogP contribution in [-0.4, -0.2) is 48.0 Å². The van der Waals surface area contributed by atoms with Crippen LogP contribution in [0.15, 0.2) is 35.9 Å². The molecule has 5 nitrogen and oxygen atoms in total. The molecule has 2 aliphatic rings. The molecule has 146 valence electrons. The van der Waals surface area contributed by atoms with Crippen LogP contribution in [0.3, 0.4) is 0 Å². The molecule has 2 N–H and O–H groups in total. The minimum absolute atomic E-state index is 0.180. The number of urea groups is 1. The summed E-state index contributed by atoms with van der Waals surface area (Å²) in [4.78, 5) is 26.3. The number of carbonyl (C=O) groups excluding carboxylic acids is 2. The Morgan fingerprint density at radius 2 is 1.85 bits per heavy atom. The summed E-state index contributed by atoms with van der Waals surface area (Å²) in [5.74, 6) is 2.24. The van der Waals surface area contributed by atoms with E-state index in [0.29, 0.717) is 13.0 Å². The minimum atomic E-state index is -0.180. The third kappa shape index (κ3) is 6.61. The third-order valence-corrected chi connectivity index (χ3v) is 5.99. The number of rotatable bonds is 6. The molecule has 1 aromatic rings. The number of thioether (sulfide) groups is 1. The molecule has 0 bridgehead atoms. The first-order valence-corrected chi connectivity index (χ1v) is 11.0. The maximum atomic E-state index is 12.3. The minimum Gasteiger partial charge on any atom is -0.341 e. The summed E-state index contributed by atoms with van der Waals surface area (Å²) in [6.07, 6.45) is 8.56. The van der Waals surface area contributed by atoms with E-state index in [-0.39, 0.29) is 11.9 Å². The number of amides is 3. The summed E-state index contributed by atoms with van der Waals surface area (Å²) in [7, 11) is 0. The smallest absolute Gasteiger partial charge is 0.319 e. The Balaban J connectivity index is 1.39. The fraction of sp³-hybridized carbons (Fsp3) is 0.524. The van der Waals surface area contributed by atoms with Crippen molar-refractivity contribution >= 4 is 29.4 Å². The zero-order chi connectivity index (χ0) is 18.9. The third-order valence-electron chi connectivity index (χ3n) is 5.05. The molecule has 1 heterocycles. The highest BCUT2D eigenvalue weighted by atomic mass is 32.2. The Kier molecular flexibility index (Phi) is 7.63. The van der Waals surface area contributed by atoms with Crippen molar-refractivity contribution in [1.82, 2.24) is 10.2 Å². The van der Waals surface area contributed by atoms with Crippen LogP contribution in [0.25, 0.3) is 0 Å². The van der Waals surface area contributed by atoms with Crippen molar-refractivity contribution in [3.63, 3.8) is 0 Å². The Morgan fingerprint density at radius 1 is 1.07 bits per heavy atom. The second-order valence-electron chi connectivity index (χ2n) is 7.11. The Hall–Kier alpha value is -1.95. The van der Waals surface area contributed by atoms with Crippen LogP contribution in [-0.2, 0) is 11.2 Å². The van der Waals surface area contributed by atoms with Crippen molar-refractivity contribution in [3.05, 3.63) is 41.5 Å². The van der Waals surface area contributed by atoms with Crippen molar-refractivity contribution in [3.8, 4) is 0 Å². The normalized spacial score (nSPS) is 17.2. The topological polar surface area (TPSA) is 61.4 Å².